The molecule has 1 aliphatic carbocycles. The highest BCUT2D eigenvalue weighted by Gasteiger charge is 2.25. The van der Waals surface area contributed by atoms with Gasteiger partial charge in [0.25, 0.3) is 5.91 Å². The maximum absolute atomic E-state index is 13.1. The number of hydrogen-bond donors (Lipinski definition) is 0. The van der Waals surface area contributed by atoms with Crippen molar-refractivity contribution in [3.63, 3.8) is 0 Å². The molecule has 5 heteroatoms. The van der Waals surface area contributed by atoms with Gasteiger partial charge in [0.05, 0.1) is 16.5 Å². The Labute approximate surface area is 171 Å². The molecule has 1 amide bonds. The van der Waals surface area contributed by atoms with Gasteiger partial charge in [0.1, 0.15) is 0 Å². The lowest BCUT2D eigenvalue weighted by Crippen LogP contribution is -2.34. The predicted molar refractivity (Wildman–Crippen MR) is 112 cm³/mol. The van der Waals surface area contributed by atoms with E-state index in [9.17, 15) is 4.79 Å². The summed E-state index contributed by atoms with van der Waals surface area (Å²) in [6, 6.07) is 12.1. The minimum absolute atomic E-state index is 0.215. The van der Waals surface area contributed by atoms with Crippen LogP contribution in [0.4, 0.5) is 0 Å². The number of carbonyl (C=O) groups is 1. The summed E-state index contributed by atoms with van der Waals surface area (Å²) in [6.45, 7) is 6.70. The minimum Gasteiger partial charge on any atom is -0.337 e. The van der Waals surface area contributed by atoms with Crippen LogP contribution >= 0.6 is 11.3 Å². The number of nitrogens with zero attached hydrogens (tertiary/aromatic N) is 3. The first-order valence-corrected chi connectivity index (χ1v) is 11.1. The van der Waals surface area contributed by atoms with Crippen LogP contribution in [-0.4, -0.2) is 41.9 Å². The van der Waals surface area contributed by atoms with E-state index in [4.69, 9.17) is 5.26 Å². The number of benzene rings is 1. The fourth-order valence-electron chi connectivity index (χ4n) is 4.24. The van der Waals surface area contributed by atoms with Crippen molar-refractivity contribution in [3.05, 3.63) is 56.8 Å². The Morgan fingerprint density at radius 3 is 2.82 bits per heavy atom. The molecule has 0 spiro atoms. The Kier molecular flexibility index (Phi) is 5.79. The number of thiophene rings is 1. The van der Waals surface area contributed by atoms with Gasteiger partial charge in [-0.3, -0.25) is 9.69 Å². The molecule has 0 bridgehead atoms. The molecule has 0 N–H and O–H groups in total. The molecule has 1 aromatic heterocycles. The number of hydrogen-bond acceptors (Lipinski definition) is 4. The molecular weight excluding hydrogens is 366 g/mol. The smallest absolute Gasteiger partial charge is 0.263 e. The van der Waals surface area contributed by atoms with E-state index >= 15 is 0 Å². The third kappa shape index (κ3) is 4.29. The molecule has 1 unspecified atom stereocenters. The van der Waals surface area contributed by atoms with Crippen molar-refractivity contribution in [2.45, 2.75) is 39.2 Å². The van der Waals surface area contributed by atoms with Crippen molar-refractivity contribution in [2.75, 3.05) is 26.2 Å². The van der Waals surface area contributed by atoms with Crippen LogP contribution in [0.5, 0.6) is 0 Å². The Hall–Kier alpha value is -2.16. The summed E-state index contributed by atoms with van der Waals surface area (Å²) in [5, 5.41) is 8.93. The highest BCUT2D eigenvalue weighted by molar-refractivity contribution is 7.14. The lowest BCUT2D eigenvalue weighted by molar-refractivity contribution is 0.0766. The second-order valence-electron chi connectivity index (χ2n) is 8.14. The summed E-state index contributed by atoms with van der Waals surface area (Å²) >= 11 is 1.72. The number of carbonyl (C=O) groups excluding carboxylic acids is 1. The fraction of sp³-hybridized carbons (Fsp3) is 0.478. The number of amides is 1. The van der Waals surface area contributed by atoms with Crippen LogP contribution in [0.25, 0.3) is 0 Å². The van der Waals surface area contributed by atoms with Crippen LogP contribution in [0.15, 0.2) is 30.3 Å². The van der Waals surface area contributed by atoms with Gasteiger partial charge in [0.15, 0.2) is 0 Å². The molecule has 1 aliphatic heterocycles. The van der Waals surface area contributed by atoms with Gasteiger partial charge in [0.2, 0.25) is 0 Å². The fourth-order valence-corrected chi connectivity index (χ4v) is 5.42. The van der Waals surface area contributed by atoms with Crippen molar-refractivity contribution in [1.29, 1.82) is 5.26 Å². The molecule has 0 saturated carbocycles. The molecule has 1 aromatic carbocycles. The first-order chi connectivity index (χ1) is 13.6. The van der Waals surface area contributed by atoms with Gasteiger partial charge in [-0.2, -0.15) is 5.26 Å². The first kappa shape index (κ1) is 19.2. The van der Waals surface area contributed by atoms with Crippen LogP contribution < -0.4 is 0 Å². The van der Waals surface area contributed by atoms with E-state index in [0.29, 0.717) is 5.56 Å². The van der Waals surface area contributed by atoms with Gasteiger partial charge in [-0.1, -0.05) is 19.1 Å². The van der Waals surface area contributed by atoms with E-state index in [2.05, 4.69) is 24.0 Å². The summed E-state index contributed by atoms with van der Waals surface area (Å²) in [7, 11) is 0. The van der Waals surface area contributed by atoms with E-state index in [1.165, 1.54) is 22.4 Å². The third-order valence-corrected chi connectivity index (χ3v) is 7.13. The van der Waals surface area contributed by atoms with Crippen LogP contribution in [0.2, 0.25) is 0 Å². The number of rotatable bonds is 3. The van der Waals surface area contributed by atoms with Gasteiger partial charge in [-0.15, -0.1) is 11.3 Å². The molecule has 146 valence electrons. The van der Waals surface area contributed by atoms with Gasteiger partial charge in [-0.25, -0.2) is 0 Å². The molecule has 28 heavy (non-hydrogen) atoms. The van der Waals surface area contributed by atoms with E-state index in [1.54, 1.807) is 11.3 Å². The Bertz CT molecular complexity index is 880. The molecule has 2 aliphatic rings. The molecule has 1 atom stereocenters. The maximum Gasteiger partial charge on any atom is 0.263 e. The second-order valence-corrected chi connectivity index (χ2v) is 9.27. The molecule has 2 aromatic rings. The molecule has 0 radical (unpaired) electrons. The molecule has 1 fully saturated rings. The summed E-state index contributed by atoms with van der Waals surface area (Å²) in [4.78, 5) is 19.9. The standard InChI is InChI=1S/C23H27N3OS/c1-17-3-8-21-20(13-17)14-22(28-21)23(27)26-10-2-9-25(11-12-26)16-19-6-4-18(15-24)5-7-19/h4-7,14,17H,2-3,8-13,16H2,1H3. The van der Waals surface area contributed by atoms with Gasteiger partial charge in [-0.05, 0) is 60.9 Å². The Morgan fingerprint density at radius 2 is 2.04 bits per heavy atom. The third-order valence-electron chi connectivity index (χ3n) is 5.90. The first-order valence-electron chi connectivity index (χ1n) is 10.2. The Balaban J connectivity index is 1.37. The number of fused-ring (bicyclic) bond motifs is 1. The molecular formula is C23H27N3OS. The average molecular weight is 394 g/mol. The Morgan fingerprint density at radius 1 is 1.21 bits per heavy atom. The van der Waals surface area contributed by atoms with Crippen LogP contribution in [0.1, 0.15) is 51.0 Å². The van der Waals surface area contributed by atoms with Crippen LogP contribution in [0, 0.1) is 17.2 Å². The lowest BCUT2D eigenvalue weighted by Gasteiger charge is -2.21. The van der Waals surface area contributed by atoms with E-state index in [0.717, 1.165) is 62.8 Å². The van der Waals surface area contributed by atoms with Gasteiger partial charge in [0, 0.05) is 37.6 Å². The van der Waals surface area contributed by atoms with E-state index in [-0.39, 0.29) is 5.91 Å². The molecule has 2 heterocycles. The summed E-state index contributed by atoms with van der Waals surface area (Å²) in [5.41, 5.74) is 3.33. The normalized spacial score (nSPS) is 20.3. The summed E-state index contributed by atoms with van der Waals surface area (Å²) < 4.78 is 0. The number of aryl methyl sites for hydroxylation is 1. The van der Waals surface area contributed by atoms with Crippen molar-refractivity contribution in [3.8, 4) is 6.07 Å². The summed E-state index contributed by atoms with van der Waals surface area (Å²) in [5.74, 6) is 0.950. The topological polar surface area (TPSA) is 47.3 Å². The minimum atomic E-state index is 0.215. The lowest BCUT2D eigenvalue weighted by atomic mass is 9.90. The highest BCUT2D eigenvalue weighted by Crippen LogP contribution is 2.32. The zero-order chi connectivity index (χ0) is 19.5. The summed E-state index contributed by atoms with van der Waals surface area (Å²) in [6.07, 6.45) is 4.50. The molecule has 1 saturated heterocycles. The zero-order valence-corrected chi connectivity index (χ0v) is 17.3. The van der Waals surface area contributed by atoms with E-state index < -0.39 is 0 Å². The van der Waals surface area contributed by atoms with Crippen molar-refractivity contribution >= 4 is 17.2 Å². The van der Waals surface area contributed by atoms with Crippen molar-refractivity contribution in [1.82, 2.24) is 9.80 Å². The zero-order valence-electron chi connectivity index (χ0n) is 16.5. The van der Waals surface area contributed by atoms with Crippen LogP contribution in [0.3, 0.4) is 0 Å². The van der Waals surface area contributed by atoms with Gasteiger partial charge >= 0.3 is 0 Å². The predicted octanol–water partition coefficient (Wildman–Crippen LogP) is 4.09. The van der Waals surface area contributed by atoms with Crippen LogP contribution in [-0.2, 0) is 19.4 Å². The highest BCUT2D eigenvalue weighted by atomic mass is 32.1. The van der Waals surface area contributed by atoms with Crippen molar-refractivity contribution < 1.29 is 4.79 Å². The van der Waals surface area contributed by atoms with Gasteiger partial charge < -0.3 is 4.90 Å². The SMILES string of the molecule is CC1CCc2sc(C(=O)N3CCCN(Cc4ccc(C#N)cc4)CC3)cc2C1. The van der Waals surface area contributed by atoms with E-state index in [1.807, 2.05) is 29.2 Å². The largest absolute Gasteiger partial charge is 0.337 e. The number of nitriles is 1. The quantitative estimate of drug-likeness (QED) is 0.789. The average Bonchev–Trinajstić information content (AvgIpc) is 2.99. The monoisotopic (exact) mass is 393 g/mol. The van der Waals surface area contributed by atoms with Crippen molar-refractivity contribution in [2.24, 2.45) is 5.92 Å². The second kappa shape index (κ2) is 8.46. The molecule has 4 rings (SSSR count). The molecule has 4 nitrogen and oxygen atoms in total. The maximum atomic E-state index is 13.1.